The minimum Gasteiger partial charge on any atom is -0.297 e. The Labute approximate surface area is 164 Å². The van der Waals surface area contributed by atoms with Crippen LogP contribution in [-0.4, -0.2) is 25.7 Å². The summed E-state index contributed by atoms with van der Waals surface area (Å²) in [7, 11) is 6.62. The molecule has 0 radical (unpaired) electrons. The molecule has 0 saturated carbocycles. The molecule has 27 heavy (non-hydrogen) atoms. The van der Waals surface area contributed by atoms with Crippen molar-refractivity contribution in [2.45, 2.75) is 41.5 Å². The van der Waals surface area contributed by atoms with Gasteiger partial charge in [-0.05, 0) is 63.8 Å². The molecule has 0 aliphatic carbocycles. The number of aryl methyl sites for hydroxylation is 6. The first-order valence-corrected chi connectivity index (χ1v) is 9.54. The van der Waals surface area contributed by atoms with Crippen molar-refractivity contribution >= 4 is 5.82 Å². The number of hydrogen-bond acceptors (Lipinski definition) is 0. The zero-order valence-corrected chi connectivity index (χ0v) is 18.2. The number of hydrogen-bond donors (Lipinski definition) is 0. The van der Waals surface area contributed by atoms with Gasteiger partial charge >= 0.3 is 0 Å². The standard InChI is InChI=1S/C24H32N3/c1-16-10-18(3)23(19(4)11-16)25-14-22(27(7,8)9)26(15-25)24-20(5)12-17(2)13-21(24)6/h10-14H,1-9H3/q+1. The van der Waals surface area contributed by atoms with E-state index in [2.05, 4.69) is 109 Å². The first-order valence-electron chi connectivity index (χ1n) is 9.54. The van der Waals surface area contributed by atoms with E-state index < -0.39 is 0 Å². The third-order valence-electron chi connectivity index (χ3n) is 5.10. The summed E-state index contributed by atoms with van der Waals surface area (Å²) in [4.78, 5) is 0. The van der Waals surface area contributed by atoms with E-state index in [9.17, 15) is 0 Å². The van der Waals surface area contributed by atoms with Gasteiger partial charge in [0.1, 0.15) is 6.20 Å². The van der Waals surface area contributed by atoms with Gasteiger partial charge in [0.05, 0.1) is 32.5 Å². The van der Waals surface area contributed by atoms with E-state index in [-0.39, 0.29) is 0 Å². The highest BCUT2D eigenvalue weighted by molar-refractivity contribution is 5.54. The second-order valence-corrected chi connectivity index (χ2v) is 8.80. The van der Waals surface area contributed by atoms with Gasteiger partial charge in [0.25, 0.3) is 6.33 Å². The molecule has 3 nitrogen and oxygen atoms in total. The van der Waals surface area contributed by atoms with Crippen LogP contribution in [0.4, 0.5) is 5.82 Å². The fraction of sp³-hybridized carbons (Fsp3) is 0.375. The maximum Gasteiger partial charge on any atom is 0.273 e. The first-order chi connectivity index (χ1) is 12.5. The van der Waals surface area contributed by atoms with Gasteiger partial charge in [0, 0.05) is 0 Å². The smallest absolute Gasteiger partial charge is 0.273 e. The van der Waals surface area contributed by atoms with Gasteiger partial charge in [-0.2, -0.15) is 0 Å². The number of imidazole rings is 1. The summed E-state index contributed by atoms with van der Waals surface area (Å²) in [6.07, 6.45) is 5.87. The topological polar surface area (TPSA) is 8.81 Å². The predicted molar refractivity (Wildman–Crippen MR) is 114 cm³/mol. The lowest BCUT2D eigenvalue weighted by atomic mass is 10.0. The molecule has 0 fully saturated rings. The van der Waals surface area contributed by atoms with Crippen LogP contribution in [0.5, 0.6) is 0 Å². The number of quaternary nitrogens is 1. The normalized spacial score (nSPS) is 11.9. The summed E-state index contributed by atoms with van der Waals surface area (Å²) in [5.74, 6) is 1.20. The fourth-order valence-electron chi connectivity index (χ4n) is 4.19. The minimum atomic E-state index is 0.722. The largest absolute Gasteiger partial charge is 0.297 e. The molecule has 2 aromatic carbocycles. The van der Waals surface area contributed by atoms with Crippen molar-refractivity contribution in [3.05, 3.63) is 70.2 Å². The van der Waals surface area contributed by atoms with E-state index in [0.29, 0.717) is 0 Å². The Morgan fingerprint density at radius 1 is 0.741 bits per heavy atom. The van der Waals surface area contributed by atoms with Crippen molar-refractivity contribution in [3.63, 3.8) is 0 Å². The van der Waals surface area contributed by atoms with Crippen molar-refractivity contribution in [3.8, 4) is 11.4 Å². The summed E-state index contributed by atoms with van der Waals surface area (Å²) in [5, 5.41) is 0. The maximum absolute atomic E-state index is 3.64. The fourth-order valence-corrected chi connectivity index (χ4v) is 4.19. The minimum absolute atomic E-state index is 0.722. The highest BCUT2D eigenvalue weighted by atomic mass is 15.4. The Kier molecular flexibility index (Phi) is 4.77. The Morgan fingerprint density at radius 2 is 1.19 bits per heavy atom. The van der Waals surface area contributed by atoms with Crippen molar-refractivity contribution in [1.82, 2.24) is 9.05 Å². The Balaban J connectivity index is 2.32. The van der Waals surface area contributed by atoms with E-state index in [1.165, 1.54) is 50.6 Å². The van der Waals surface area contributed by atoms with Crippen LogP contribution >= 0.6 is 0 Å². The predicted octanol–water partition coefficient (Wildman–Crippen LogP) is 4.60. The molecule has 3 heteroatoms. The molecule has 0 atom stereocenters. The zero-order chi connectivity index (χ0) is 20.1. The SMILES string of the molecule is Cc1cc(C)c(-n2[c-][n+](-c3c(C)cc(C)cc3C)cc2[N+](C)(C)C)c(C)c1. The van der Waals surface area contributed by atoms with Crippen LogP contribution in [0.25, 0.3) is 11.4 Å². The molecule has 0 spiro atoms. The second-order valence-electron chi connectivity index (χ2n) is 8.80. The number of benzene rings is 2. The maximum atomic E-state index is 3.64. The van der Waals surface area contributed by atoms with Gasteiger partial charge in [-0.15, -0.1) is 0 Å². The Morgan fingerprint density at radius 3 is 1.63 bits per heavy atom. The average molecular weight is 363 g/mol. The molecule has 0 bridgehead atoms. The molecule has 1 aromatic heterocycles. The number of aromatic nitrogens is 2. The molecule has 0 aliphatic heterocycles. The molecule has 0 amide bonds. The summed E-state index contributed by atoms with van der Waals surface area (Å²) >= 11 is 0. The molecule has 0 aliphatic rings. The van der Waals surface area contributed by atoms with Gasteiger partial charge in [0.2, 0.25) is 5.82 Å². The molecule has 142 valence electrons. The quantitative estimate of drug-likeness (QED) is 0.366. The van der Waals surface area contributed by atoms with Crippen LogP contribution in [0.1, 0.15) is 33.4 Å². The van der Waals surface area contributed by atoms with Crippen LogP contribution < -0.4 is 9.05 Å². The van der Waals surface area contributed by atoms with Gasteiger partial charge < -0.3 is 0 Å². The van der Waals surface area contributed by atoms with Crippen LogP contribution in [-0.2, 0) is 0 Å². The first kappa shape index (κ1) is 19.4. The van der Waals surface area contributed by atoms with E-state index >= 15 is 0 Å². The monoisotopic (exact) mass is 362 g/mol. The highest BCUT2D eigenvalue weighted by Gasteiger charge is 2.25. The zero-order valence-electron chi connectivity index (χ0n) is 18.2. The molecule has 0 N–H and O–H groups in total. The third kappa shape index (κ3) is 3.57. The van der Waals surface area contributed by atoms with Crippen LogP contribution in [0, 0.1) is 47.9 Å². The van der Waals surface area contributed by atoms with Gasteiger partial charge in [-0.25, -0.2) is 4.57 Å². The van der Waals surface area contributed by atoms with Crippen LogP contribution in [0.15, 0.2) is 30.5 Å². The van der Waals surface area contributed by atoms with Crippen molar-refractivity contribution in [2.75, 3.05) is 21.1 Å². The van der Waals surface area contributed by atoms with Gasteiger partial charge in [0.15, 0.2) is 0 Å². The lowest BCUT2D eigenvalue weighted by molar-refractivity contribution is -0.600. The number of nitrogens with zero attached hydrogens (tertiary/aromatic N) is 3. The second kappa shape index (κ2) is 6.65. The van der Waals surface area contributed by atoms with Gasteiger partial charge in [-0.1, -0.05) is 35.4 Å². The lowest BCUT2D eigenvalue weighted by Crippen LogP contribution is -2.37. The van der Waals surface area contributed by atoms with E-state index in [0.717, 1.165) is 4.48 Å². The third-order valence-corrected chi connectivity index (χ3v) is 5.10. The van der Waals surface area contributed by atoms with Gasteiger partial charge in [-0.3, -0.25) is 9.05 Å². The average Bonchev–Trinajstić information content (AvgIpc) is 2.89. The van der Waals surface area contributed by atoms with Crippen molar-refractivity contribution < 1.29 is 4.57 Å². The Hall–Kier alpha value is -2.39. The highest BCUT2D eigenvalue weighted by Crippen LogP contribution is 2.28. The molecular formula is C24H32N3+. The van der Waals surface area contributed by atoms with Crippen LogP contribution in [0.2, 0.25) is 0 Å². The molecule has 1 heterocycles. The molecule has 0 saturated heterocycles. The molecular weight excluding hydrogens is 330 g/mol. The summed E-state index contributed by atoms with van der Waals surface area (Å²) in [5.41, 5.74) is 10.1. The molecule has 0 unspecified atom stereocenters. The Bertz CT molecular complexity index is 971. The van der Waals surface area contributed by atoms with Crippen LogP contribution in [0.3, 0.4) is 0 Å². The van der Waals surface area contributed by atoms with E-state index in [1.54, 1.807) is 0 Å². The van der Waals surface area contributed by atoms with Crippen molar-refractivity contribution in [2.24, 2.45) is 0 Å². The van der Waals surface area contributed by atoms with E-state index in [1.807, 2.05) is 0 Å². The summed E-state index contributed by atoms with van der Waals surface area (Å²) < 4.78 is 5.13. The number of rotatable bonds is 3. The molecule has 3 rings (SSSR count). The summed E-state index contributed by atoms with van der Waals surface area (Å²) in [6, 6.07) is 8.99. The lowest BCUT2D eigenvalue weighted by Gasteiger charge is -2.25. The van der Waals surface area contributed by atoms with Crippen molar-refractivity contribution in [1.29, 1.82) is 0 Å². The van der Waals surface area contributed by atoms with E-state index in [4.69, 9.17) is 0 Å². The summed E-state index contributed by atoms with van der Waals surface area (Å²) in [6.45, 7) is 13.1. The molecule has 3 aromatic rings.